The van der Waals surface area contributed by atoms with E-state index >= 15 is 0 Å². The van der Waals surface area contributed by atoms with E-state index in [1.54, 1.807) is 0 Å². The Morgan fingerprint density at radius 2 is 2.05 bits per heavy atom. The number of carboxylic acids is 1. The lowest BCUT2D eigenvalue weighted by Gasteiger charge is -2.08. The van der Waals surface area contributed by atoms with Gasteiger partial charge in [-0.25, -0.2) is 4.79 Å². The van der Waals surface area contributed by atoms with Gasteiger partial charge in [-0.1, -0.05) is 6.07 Å². The Morgan fingerprint density at radius 1 is 1.27 bits per heavy atom. The number of rotatable bonds is 2. The molecule has 0 fully saturated rings. The van der Waals surface area contributed by atoms with Gasteiger partial charge in [0.1, 0.15) is 28.5 Å². The number of fused-ring (bicyclic) bond motifs is 2. The van der Waals surface area contributed by atoms with Crippen LogP contribution in [0.15, 0.2) is 45.3 Å². The predicted molar refractivity (Wildman–Crippen MR) is 75.6 cm³/mol. The Balaban J connectivity index is 2.43. The van der Waals surface area contributed by atoms with E-state index in [0.717, 1.165) is 12.3 Å². The van der Waals surface area contributed by atoms with E-state index in [1.807, 2.05) is 0 Å². The summed E-state index contributed by atoms with van der Waals surface area (Å²) in [7, 11) is 0. The van der Waals surface area contributed by atoms with Crippen LogP contribution in [0.25, 0.3) is 16.5 Å². The van der Waals surface area contributed by atoms with Crippen molar-refractivity contribution in [3.05, 3.63) is 51.9 Å². The van der Waals surface area contributed by atoms with Gasteiger partial charge in [-0.05, 0) is 18.2 Å². The Kier molecular flexibility index (Phi) is 3.19. The van der Waals surface area contributed by atoms with E-state index in [1.165, 1.54) is 18.2 Å². The number of hydrogen-bond acceptors (Lipinski definition) is 6. The molecule has 0 amide bonds. The number of carboxylic acid groups (broad SMARTS) is 1. The standard InChI is InChI=1S/C15H10O7/c16-5-7-4-8(14(19)20)11-13(18)12-9(17)2-1-3-10(12)22-15(11)21-6-7/h1-4,6,16-17H,5H2,(H,19,20). The quantitative estimate of drug-likeness (QED) is 0.763. The van der Waals surface area contributed by atoms with E-state index in [2.05, 4.69) is 0 Å². The van der Waals surface area contributed by atoms with Crippen molar-refractivity contribution in [3.8, 4) is 11.7 Å². The molecule has 112 valence electrons. The first-order valence-corrected chi connectivity index (χ1v) is 6.23. The van der Waals surface area contributed by atoms with Crippen LogP contribution < -0.4 is 10.2 Å². The van der Waals surface area contributed by atoms with Gasteiger partial charge in [0.05, 0.1) is 12.2 Å². The molecule has 0 unspecified atom stereocenters. The van der Waals surface area contributed by atoms with Gasteiger partial charge in [0.25, 0.3) is 0 Å². The molecule has 7 nitrogen and oxygen atoms in total. The lowest BCUT2D eigenvalue weighted by Crippen LogP contribution is -2.14. The Bertz CT molecular complexity index is 902. The first kappa shape index (κ1) is 13.9. The fourth-order valence-corrected chi connectivity index (χ4v) is 2.19. The summed E-state index contributed by atoms with van der Waals surface area (Å²) in [5.74, 6) is -2.01. The van der Waals surface area contributed by atoms with Gasteiger partial charge in [-0.2, -0.15) is 0 Å². The molecule has 0 spiro atoms. The number of phenolic OH excluding ortho intramolecular Hbond substituents is 1. The first-order valence-electron chi connectivity index (χ1n) is 6.23. The molecular weight excluding hydrogens is 292 g/mol. The van der Waals surface area contributed by atoms with Crippen LogP contribution in [0, 0.1) is 0 Å². The SMILES string of the molecule is O=C(O)C1=CC(CO)=COc2oc3cccc(O)c3c(=O)c21. The van der Waals surface area contributed by atoms with Gasteiger partial charge in [-0.3, -0.25) is 4.79 Å². The third-order valence-corrected chi connectivity index (χ3v) is 3.19. The number of aliphatic hydroxyl groups is 1. The molecular formula is C15H10O7. The summed E-state index contributed by atoms with van der Waals surface area (Å²) in [5.41, 5.74) is -1.20. The van der Waals surface area contributed by atoms with Crippen molar-refractivity contribution < 1.29 is 29.3 Å². The van der Waals surface area contributed by atoms with Crippen molar-refractivity contribution in [2.75, 3.05) is 6.61 Å². The molecule has 0 radical (unpaired) electrons. The molecule has 22 heavy (non-hydrogen) atoms. The van der Waals surface area contributed by atoms with Crippen molar-refractivity contribution in [2.24, 2.45) is 0 Å². The average molecular weight is 302 g/mol. The molecule has 1 aliphatic heterocycles. The molecule has 2 heterocycles. The summed E-state index contributed by atoms with van der Waals surface area (Å²) >= 11 is 0. The highest BCUT2D eigenvalue weighted by molar-refractivity contribution is 6.17. The van der Waals surface area contributed by atoms with Crippen molar-refractivity contribution in [2.45, 2.75) is 0 Å². The predicted octanol–water partition coefficient (Wildman–Crippen LogP) is 1.24. The molecule has 3 rings (SSSR count). The topological polar surface area (TPSA) is 117 Å². The lowest BCUT2D eigenvalue weighted by atomic mass is 10.0. The molecule has 0 aliphatic carbocycles. The van der Waals surface area contributed by atoms with E-state index in [-0.39, 0.29) is 39.4 Å². The summed E-state index contributed by atoms with van der Waals surface area (Å²) in [6, 6.07) is 4.23. The maximum absolute atomic E-state index is 12.6. The maximum Gasteiger partial charge on any atom is 0.336 e. The van der Waals surface area contributed by atoms with Crippen LogP contribution in [0.5, 0.6) is 11.7 Å². The lowest BCUT2D eigenvalue weighted by molar-refractivity contribution is -0.130. The number of hydrogen-bond donors (Lipinski definition) is 3. The van der Waals surface area contributed by atoms with E-state index in [4.69, 9.17) is 14.3 Å². The second kappa shape index (κ2) is 5.05. The minimum absolute atomic E-state index is 0.0642. The second-order valence-electron chi connectivity index (χ2n) is 4.58. The van der Waals surface area contributed by atoms with E-state index in [0.29, 0.717) is 0 Å². The highest BCUT2D eigenvalue weighted by Crippen LogP contribution is 2.33. The van der Waals surface area contributed by atoms with Gasteiger partial charge in [-0.15, -0.1) is 0 Å². The average Bonchev–Trinajstić information content (AvgIpc) is 2.67. The maximum atomic E-state index is 12.6. The third-order valence-electron chi connectivity index (χ3n) is 3.19. The van der Waals surface area contributed by atoms with E-state index < -0.39 is 18.0 Å². The van der Waals surface area contributed by atoms with Crippen LogP contribution in [0.1, 0.15) is 5.56 Å². The van der Waals surface area contributed by atoms with E-state index in [9.17, 15) is 19.8 Å². The summed E-state index contributed by atoms with van der Waals surface area (Å²) in [4.78, 5) is 24.0. The Hall–Kier alpha value is -3.06. The van der Waals surface area contributed by atoms with Crippen molar-refractivity contribution >= 4 is 22.5 Å². The molecule has 1 aliphatic rings. The smallest absolute Gasteiger partial charge is 0.336 e. The number of ether oxygens (including phenoxy) is 1. The minimum atomic E-state index is -1.38. The number of benzene rings is 1. The highest BCUT2D eigenvalue weighted by atomic mass is 16.6. The summed E-state index contributed by atoms with van der Waals surface area (Å²) in [5, 5.41) is 28.2. The Morgan fingerprint density at radius 3 is 2.73 bits per heavy atom. The van der Waals surface area contributed by atoms with Gasteiger partial charge >= 0.3 is 11.9 Å². The molecule has 0 saturated carbocycles. The van der Waals surface area contributed by atoms with Crippen LogP contribution in [0.2, 0.25) is 0 Å². The molecule has 2 aromatic rings. The van der Waals surface area contributed by atoms with Crippen molar-refractivity contribution in [3.63, 3.8) is 0 Å². The van der Waals surface area contributed by atoms with Crippen LogP contribution in [0.3, 0.4) is 0 Å². The zero-order chi connectivity index (χ0) is 15.9. The van der Waals surface area contributed by atoms with Crippen LogP contribution in [0.4, 0.5) is 0 Å². The molecule has 0 bridgehead atoms. The van der Waals surface area contributed by atoms with Crippen molar-refractivity contribution in [1.82, 2.24) is 0 Å². The number of aromatic hydroxyl groups is 1. The van der Waals surface area contributed by atoms with Gasteiger partial charge in [0.2, 0.25) is 5.43 Å². The third kappa shape index (κ3) is 2.04. The summed E-state index contributed by atoms with van der Waals surface area (Å²) in [6.45, 7) is -0.469. The minimum Gasteiger partial charge on any atom is -0.507 e. The fourth-order valence-electron chi connectivity index (χ4n) is 2.19. The van der Waals surface area contributed by atoms with Crippen molar-refractivity contribution in [1.29, 1.82) is 0 Å². The zero-order valence-corrected chi connectivity index (χ0v) is 11.1. The molecule has 7 heteroatoms. The molecule has 3 N–H and O–H groups in total. The summed E-state index contributed by atoms with van der Waals surface area (Å²) < 4.78 is 10.6. The van der Waals surface area contributed by atoms with Gasteiger partial charge in [0, 0.05) is 5.57 Å². The molecule has 1 aromatic heterocycles. The Labute approximate surface area is 123 Å². The number of carbonyl (C=O) groups is 1. The fraction of sp³-hybridized carbons (Fsp3) is 0.0667. The first-order chi connectivity index (χ1) is 10.5. The molecule has 0 saturated heterocycles. The largest absolute Gasteiger partial charge is 0.507 e. The summed E-state index contributed by atoms with van der Waals surface area (Å²) in [6.07, 6.45) is 2.23. The second-order valence-corrected chi connectivity index (χ2v) is 4.58. The van der Waals surface area contributed by atoms with Gasteiger partial charge in [0.15, 0.2) is 0 Å². The van der Waals surface area contributed by atoms with Crippen LogP contribution in [-0.2, 0) is 4.79 Å². The monoisotopic (exact) mass is 302 g/mol. The zero-order valence-electron chi connectivity index (χ0n) is 11.1. The number of aliphatic hydroxyl groups excluding tert-OH is 1. The number of aliphatic carboxylic acids is 1. The molecule has 1 aromatic carbocycles. The van der Waals surface area contributed by atoms with Crippen LogP contribution in [-0.4, -0.2) is 27.9 Å². The highest BCUT2D eigenvalue weighted by Gasteiger charge is 2.27. The molecule has 0 atom stereocenters. The van der Waals surface area contributed by atoms with Crippen LogP contribution >= 0.6 is 0 Å². The number of phenols is 1. The normalized spacial score (nSPS) is 13.7. The van der Waals surface area contributed by atoms with Gasteiger partial charge < -0.3 is 24.5 Å².